The number of benzene rings is 1. The number of piperidine rings is 1. The molecule has 1 saturated carbocycles. The summed E-state index contributed by atoms with van der Waals surface area (Å²) in [5.74, 6) is 2.09. The van der Waals surface area contributed by atoms with Crippen molar-refractivity contribution in [2.24, 2.45) is 5.92 Å². The van der Waals surface area contributed by atoms with Gasteiger partial charge in [-0.25, -0.2) is 0 Å². The Labute approximate surface area is 196 Å². The molecule has 178 valence electrons. The Kier molecular flexibility index (Phi) is 5.31. The molecule has 0 unspecified atom stereocenters. The Morgan fingerprint density at radius 3 is 2.73 bits per heavy atom. The minimum Gasteiger partial charge on any atom is -0.508 e. The standard InChI is InChI=1S/C27H37N3O3/c1-2-23-16-21(28-33-23)7-11-29-12-8-26-9-14-30(18-19-3-4-19)25(27(26,32)10-13-29)15-20-5-6-22(31)17-24(20)26/h5-6,16-17,19,25,31-32H,2-4,7-15,18H2,1H3/t25-,26+,27-/m1/s1. The Morgan fingerprint density at radius 1 is 1.12 bits per heavy atom. The minimum absolute atomic E-state index is 0.173. The number of nitrogens with zero attached hydrogens (tertiary/aromatic N) is 3. The van der Waals surface area contributed by atoms with Crippen LogP contribution >= 0.6 is 0 Å². The van der Waals surface area contributed by atoms with Crippen molar-refractivity contribution in [3.05, 3.63) is 46.8 Å². The largest absolute Gasteiger partial charge is 0.508 e. The van der Waals surface area contributed by atoms with Crippen LogP contribution in [0.4, 0.5) is 0 Å². The predicted octanol–water partition coefficient (Wildman–Crippen LogP) is 3.29. The van der Waals surface area contributed by atoms with Crippen LogP contribution in [0.1, 0.15) is 61.6 Å². The lowest BCUT2D eigenvalue weighted by Gasteiger charge is -2.61. The number of aromatic hydroxyl groups is 1. The maximum atomic E-state index is 12.5. The van der Waals surface area contributed by atoms with Crippen LogP contribution in [-0.2, 0) is 24.7 Å². The third-order valence-electron chi connectivity index (χ3n) is 9.16. The average Bonchev–Trinajstić information content (AvgIpc) is 3.54. The molecule has 2 aliphatic heterocycles. The topological polar surface area (TPSA) is 73.0 Å². The fourth-order valence-electron chi connectivity index (χ4n) is 7.05. The summed E-state index contributed by atoms with van der Waals surface area (Å²) in [7, 11) is 0. The van der Waals surface area contributed by atoms with Gasteiger partial charge in [0.1, 0.15) is 11.5 Å². The first kappa shape index (κ1) is 21.6. The quantitative estimate of drug-likeness (QED) is 0.702. The van der Waals surface area contributed by atoms with Crippen molar-refractivity contribution in [3.63, 3.8) is 0 Å². The molecule has 3 atom stereocenters. The second kappa shape index (κ2) is 8.10. The van der Waals surface area contributed by atoms with E-state index in [0.29, 0.717) is 5.75 Å². The van der Waals surface area contributed by atoms with Gasteiger partial charge in [-0.05, 0) is 80.8 Å². The average molecular weight is 452 g/mol. The Hall–Kier alpha value is -1.89. The molecule has 6 heteroatoms. The van der Waals surface area contributed by atoms with E-state index in [1.807, 2.05) is 12.1 Å². The lowest BCUT2D eigenvalue weighted by molar-refractivity contribution is -0.149. The third kappa shape index (κ3) is 3.62. The van der Waals surface area contributed by atoms with Crippen LogP contribution in [-0.4, -0.2) is 69.5 Å². The van der Waals surface area contributed by atoms with Gasteiger partial charge in [-0.15, -0.1) is 0 Å². The van der Waals surface area contributed by atoms with Crippen molar-refractivity contribution in [2.75, 3.05) is 32.7 Å². The highest BCUT2D eigenvalue weighted by molar-refractivity contribution is 5.48. The third-order valence-corrected chi connectivity index (χ3v) is 9.16. The zero-order valence-electron chi connectivity index (χ0n) is 19.8. The van der Waals surface area contributed by atoms with Crippen LogP contribution in [0, 0.1) is 5.92 Å². The van der Waals surface area contributed by atoms with Gasteiger partial charge in [-0.1, -0.05) is 18.1 Å². The highest BCUT2D eigenvalue weighted by Crippen LogP contribution is 2.56. The summed E-state index contributed by atoms with van der Waals surface area (Å²) in [6.07, 6.45) is 8.01. The number of aromatic nitrogens is 1. The fourth-order valence-corrected chi connectivity index (χ4v) is 7.05. The van der Waals surface area contributed by atoms with Crippen molar-refractivity contribution in [2.45, 2.75) is 75.3 Å². The smallest absolute Gasteiger partial charge is 0.136 e. The van der Waals surface area contributed by atoms with E-state index in [0.717, 1.165) is 88.6 Å². The summed E-state index contributed by atoms with van der Waals surface area (Å²) < 4.78 is 5.39. The van der Waals surface area contributed by atoms with Crippen molar-refractivity contribution >= 4 is 0 Å². The van der Waals surface area contributed by atoms with E-state index in [4.69, 9.17) is 4.52 Å². The maximum absolute atomic E-state index is 12.5. The number of phenols is 1. The van der Waals surface area contributed by atoms with Crippen molar-refractivity contribution in [1.82, 2.24) is 15.0 Å². The minimum atomic E-state index is -0.751. The van der Waals surface area contributed by atoms with Crippen LogP contribution in [0.5, 0.6) is 5.75 Å². The van der Waals surface area contributed by atoms with Gasteiger partial charge in [-0.2, -0.15) is 0 Å². The molecule has 1 aromatic carbocycles. The molecule has 2 saturated heterocycles. The van der Waals surface area contributed by atoms with Gasteiger partial charge in [0.25, 0.3) is 0 Å². The van der Waals surface area contributed by atoms with Gasteiger partial charge in [-0.3, -0.25) is 4.90 Å². The molecule has 0 radical (unpaired) electrons. The zero-order chi connectivity index (χ0) is 22.6. The zero-order valence-corrected chi connectivity index (χ0v) is 19.8. The number of likely N-dealkylation sites (tertiary alicyclic amines) is 2. The molecule has 3 fully saturated rings. The highest BCUT2D eigenvalue weighted by Gasteiger charge is 2.63. The molecule has 33 heavy (non-hydrogen) atoms. The van der Waals surface area contributed by atoms with Gasteiger partial charge >= 0.3 is 0 Å². The van der Waals surface area contributed by atoms with Gasteiger partial charge < -0.3 is 19.6 Å². The normalized spacial score (nSPS) is 32.2. The van der Waals surface area contributed by atoms with E-state index in [9.17, 15) is 10.2 Å². The molecular formula is C27H37N3O3. The number of hydrogen-bond donors (Lipinski definition) is 2. The van der Waals surface area contributed by atoms with Gasteiger partial charge in [0.15, 0.2) is 0 Å². The molecule has 6 rings (SSSR count). The van der Waals surface area contributed by atoms with E-state index in [1.54, 1.807) is 0 Å². The Morgan fingerprint density at radius 2 is 1.94 bits per heavy atom. The number of rotatable bonds is 6. The van der Waals surface area contributed by atoms with E-state index in [2.05, 4.69) is 34.0 Å². The molecule has 2 N–H and O–H groups in total. The van der Waals surface area contributed by atoms with Gasteiger partial charge in [0.2, 0.25) is 0 Å². The second-order valence-electron chi connectivity index (χ2n) is 11.0. The van der Waals surface area contributed by atoms with E-state index < -0.39 is 5.60 Å². The van der Waals surface area contributed by atoms with Crippen molar-refractivity contribution in [3.8, 4) is 5.75 Å². The summed E-state index contributed by atoms with van der Waals surface area (Å²) in [4.78, 5) is 5.12. The second-order valence-corrected chi connectivity index (χ2v) is 11.0. The summed E-state index contributed by atoms with van der Waals surface area (Å²) in [6.45, 7) is 7.07. The van der Waals surface area contributed by atoms with E-state index >= 15 is 0 Å². The molecule has 2 aromatic rings. The molecular weight excluding hydrogens is 414 g/mol. The lowest BCUT2D eigenvalue weighted by Crippen LogP contribution is -2.71. The Balaban J connectivity index is 1.29. The molecule has 6 nitrogen and oxygen atoms in total. The molecule has 2 aliphatic carbocycles. The maximum Gasteiger partial charge on any atom is 0.136 e. The molecule has 1 aromatic heterocycles. The summed E-state index contributed by atoms with van der Waals surface area (Å²) >= 11 is 0. The van der Waals surface area contributed by atoms with Crippen molar-refractivity contribution < 1.29 is 14.7 Å². The number of fused-ring (bicyclic) bond motifs is 1. The highest BCUT2D eigenvalue weighted by atomic mass is 16.5. The summed E-state index contributed by atoms with van der Waals surface area (Å²) in [5.41, 5.74) is 2.53. The molecule has 2 bridgehead atoms. The molecule has 3 heterocycles. The van der Waals surface area contributed by atoms with E-state index in [1.165, 1.54) is 24.0 Å². The first-order valence-electron chi connectivity index (χ1n) is 13.0. The van der Waals surface area contributed by atoms with Crippen LogP contribution < -0.4 is 0 Å². The van der Waals surface area contributed by atoms with E-state index in [-0.39, 0.29) is 11.5 Å². The summed E-state index contributed by atoms with van der Waals surface area (Å²) in [5, 5.41) is 27.1. The number of hydrogen-bond acceptors (Lipinski definition) is 6. The molecule has 0 spiro atoms. The fraction of sp³-hybridized carbons (Fsp3) is 0.667. The number of aryl methyl sites for hydroxylation is 1. The number of aliphatic hydroxyl groups is 1. The number of phenolic OH excluding ortho intramolecular Hbond substituents is 1. The molecule has 4 aliphatic rings. The summed E-state index contributed by atoms with van der Waals surface area (Å²) in [6, 6.07) is 8.15. The SMILES string of the molecule is CCc1cc(CCN2CC[C@]34CCN(CC5CC5)[C@H](Cc5ccc(O)cc53)[C@]4(O)CC2)no1. The van der Waals surface area contributed by atoms with Crippen molar-refractivity contribution in [1.29, 1.82) is 0 Å². The van der Waals surface area contributed by atoms with Crippen LogP contribution in [0.25, 0.3) is 0 Å². The monoisotopic (exact) mass is 451 g/mol. The van der Waals surface area contributed by atoms with Crippen LogP contribution in [0.15, 0.2) is 28.8 Å². The van der Waals surface area contributed by atoms with Crippen LogP contribution in [0.3, 0.4) is 0 Å². The molecule has 0 amide bonds. The first-order valence-corrected chi connectivity index (χ1v) is 13.0. The predicted molar refractivity (Wildman–Crippen MR) is 126 cm³/mol. The van der Waals surface area contributed by atoms with Gasteiger partial charge in [0.05, 0.1) is 11.3 Å². The van der Waals surface area contributed by atoms with Gasteiger partial charge in [0, 0.05) is 50.0 Å². The lowest BCUT2D eigenvalue weighted by atomic mass is 9.52. The first-order chi connectivity index (χ1) is 16.0. The van der Waals surface area contributed by atoms with Crippen LogP contribution in [0.2, 0.25) is 0 Å². The Bertz CT molecular complexity index is 1020.